The summed E-state index contributed by atoms with van der Waals surface area (Å²) in [5.74, 6) is 1.21. The van der Waals surface area contributed by atoms with Crippen molar-refractivity contribution < 1.29 is 9.34 Å². The van der Waals surface area contributed by atoms with Crippen LogP contribution in [-0.2, 0) is 0 Å². The number of furan rings is 1. The van der Waals surface area contributed by atoms with Crippen LogP contribution in [0.15, 0.2) is 45.8 Å². The van der Waals surface area contributed by atoms with E-state index in [2.05, 4.69) is 9.19 Å². The standard InChI is InChI=1S/C12H7N3O3Se/c16-15(17)9-3-1-2-8(6-9)11-4-5-12(18-11)10-7-19-14-13-10/h1-7H. The van der Waals surface area contributed by atoms with E-state index in [-0.39, 0.29) is 20.4 Å². The third-order valence-electron chi connectivity index (χ3n) is 2.56. The molecule has 0 N–H and O–H groups in total. The molecule has 1 aromatic carbocycles. The van der Waals surface area contributed by atoms with Gasteiger partial charge in [-0.2, -0.15) is 0 Å². The average Bonchev–Trinajstić information content (AvgIpc) is 3.09. The molecule has 0 aliphatic carbocycles. The summed E-state index contributed by atoms with van der Waals surface area (Å²) in [6, 6.07) is 9.90. The molecule has 0 atom stereocenters. The van der Waals surface area contributed by atoms with Crippen molar-refractivity contribution >= 4 is 20.4 Å². The van der Waals surface area contributed by atoms with Crippen LogP contribution in [0, 0.1) is 10.1 Å². The summed E-state index contributed by atoms with van der Waals surface area (Å²) < 4.78 is 9.56. The van der Waals surface area contributed by atoms with Crippen molar-refractivity contribution in [3.63, 3.8) is 0 Å². The predicted molar refractivity (Wildman–Crippen MR) is 68.8 cm³/mol. The Kier molecular flexibility index (Phi) is 2.98. The van der Waals surface area contributed by atoms with Gasteiger partial charge in [-0.25, -0.2) is 0 Å². The Morgan fingerprint density at radius 3 is 2.79 bits per heavy atom. The molecule has 0 radical (unpaired) electrons. The molecule has 7 heteroatoms. The van der Waals surface area contributed by atoms with Gasteiger partial charge in [-0.1, -0.05) is 0 Å². The molecule has 2 aromatic heterocycles. The van der Waals surface area contributed by atoms with Gasteiger partial charge in [0.05, 0.1) is 0 Å². The second-order valence-electron chi connectivity index (χ2n) is 3.76. The van der Waals surface area contributed by atoms with Crippen LogP contribution in [0.5, 0.6) is 0 Å². The molecule has 0 aliphatic rings. The molecule has 0 aliphatic heterocycles. The van der Waals surface area contributed by atoms with Crippen molar-refractivity contribution in [3.05, 3.63) is 51.5 Å². The zero-order valence-corrected chi connectivity index (χ0v) is 11.2. The summed E-state index contributed by atoms with van der Waals surface area (Å²) in [5.41, 5.74) is 1.43. The van der Waals surface area contributed by atoms with Crippen LogP contribution in [0.25, 0.3) is 22.8 Å². The van der Waals surface area contributed by atoms with Crippen molar-refractivity contribution in [2.75, 3.05) is 0 Å². The van der Waals surface area contributed by atoms with Gasteiger partial charge in [0.2, 0.25) is 0 Å². The molecule has 0 unspecified atom stereocenters. The van der Waals surface area contributed by atoms with E-state index >= 15 is 0 Å². The summed E-state index contributed by atoms with van der Waals surface area (Å²) in [6.45, 7) is 0. The number of non-ortho nitro benzene ring substituents is 1. The zero-order chi connectivity index (χ0) is 13.2. The molecule has 94 valence electrons. The van der Waals surface area contributed by atoms with Crippen LogP contribution < -0.4 is 0 Å². The number of nitrogens with zero attached hydrogens (tertiary/aromatic N) is 3. The molecule has 0 saturated carbocycles. The van der Waals surface area contributed by atoms with E-state index in [9.17, 15) is 10.1 Å². The van der Waals surface area contributed by atoms with Crippen LogP contribution >= 0.6 is 0 Å². The second-order valence-corrected chi connectivity index (χ2v) is 5.04. The molecule has 3 aromatic rings. The van der Waals surface area contributed by atoms with E-state index in [1.54, 1.807) is 24.3 Å². The molecule has 0 fully saturated rings. The maximum atomic E-state index is 10.7. The van der Waals surface area contributed by atoms with Crippen molar-refractivity contribution in [2.45, 2.75) is 0 Å². The van der Waals surface area contributed by atoms with E-state index in [1.165, 1.54) is 12.1 Å². The quantitative estimate of drug-likeness (QED) is 0.420. The fraction of sp³-hybridized carbons (Fsp3) is 0. The number of benzene rings is 1. The molecule has 3 rings (SSSR count). The molecule has 0 saturated heterocycles. The number of nitro benzene ring substituents is 1. The van der Waals surface area contributed by atoms with E-state index in [1.807, 2.05) is 4.94 Å². The van der Waals surface area contributed by atoms with Crippen LogP contribution in [0.4, 0.5) is 5.69 Å². The first kappa shape index (κ1) is 11.8. The normalized spacial score (nSPS) is 10.5. The number of hydrogen-bond acceptors (Lipinski definition) is 5. The number of rotatable bonds is 3. The van der Waals surface area contributed by atoms with Crippen molar-refractivity contribution in [1.82, 2.24) is 9.19 Å². The molecule has 6 nitrogen and oxygen atoms in total. The third-order valence-corrected chi connectivity index (χ3v) is 3.62. The monoisotopic (exact) mass is 321 g/mol. The molecular weight excluding hydrogens is 313 g/mol. The summed E-state index contributed by atoms with van der Waals surface area (Å²) in [4.78, 5) is 12.2. The Morgan fingerprint density at radius 1 is 1.21 bits per heavy atom. The molecular formula is C12H7N3O3Se. The van der Waals surface area contributed by atoms with Crippen molar-refractivity contribution in [2.24, 2.45) is 0 Å². The Balaban J connectivity index is 1.99. The summed E-state index contributed by atoms with van der Waals surface area (Å²) in [6.07, 6.45) is 0. The first-order valence-corrected chi connectivity index (χ1v) is 7.11. The third kappa shape index (κ3) is 2.33. The maximum absolute atomic E-state index is 10.7. The molecule has 0 spiro atoms. The Bertz CT molecular complexity index is 721. The van der Waals surface area contributed by atoms with Gasteiger partial charge in [0.15, 0.2) is 0 Å². The van der Waals surface area contributed by atoms with E-state index in [0.29, 0.717) is 17.1 Å². The van der Waals surface area contributed by atoms with Crippen molar-refractivity contribution in [1.29, 1.82) is 0 Å². The van der Waals surface area contributed by atoms with Gasteiger partial charge in [-0.15, -0.1) is 0 Å². The molecule has 19 heavy (non-hydrogen) atoms. The predicted octanol–water partition coefficient (Wildman–Crippen LogP) is 2.37. The fourth-order valence-electron chi connectivity index (χ4n) is 1.68. The van der Waals surface area contributed by atoms with Crippen molar-refractivity contribution in [3.8, 4) is 22.8 Å². The van der Waals surface area contributed by atoms with Gasteiger partial charge in [-0.05, 0) is 0 Å². The average molecular weight is 320 g/mol. The van der Waals surface area contributed by atoms with E-state index < -0.39 is 4.92 Å². The van der Waals surface area contributed by atoms with Crippen LogP contribution in [0.3, 0.4) is 0 Å². The van der Waals surface area contributed by atoms with Gasteiger partial charge in [-0.3, -0.25) is 0 Å². The first-order valence-electron chi connectivity index (χ1n) is 5.36. The van der Waals surface area contributed by atoms with Gasteiger partial charge in [0.25, 0.3) is 0 Å². The first-order chi connectivity index (χ1) is 9.24. The minimum atomic E-state index is -0.427. The Labute approximate surface area is 113 Å². The number of nitro groups is 1. The topological polar surface area (TPSA) is 82.1 Å². The van der Waals surface area contributed by atoms with E-state index in [4.69, 9.17) is 4.42 Å². The SMILES string of the molecule is O=[N+]([O-])c1cccc(-c2ccc(-c3c[se]nn3)o2)c1. The van der Waals surface area contributed by atoms with E-state index in [0.717, 1.165) is 5.69 Å². The zero-order valence-electron chi connectivity index (χ0n) is 9.52. The van der Waals surface area contributed by atoms with Crippen LogP contribution in [0.1, 0.15) is 0 Å². The van der Waals surface area contributed by atoms with Crippen LogP contribution in [-0.4, -0.2) is 28.8 Å². The summed E-state index contributed by atoms with van der Waals surface area (Å²) >= 11 is 0.0494. The van der Waals surface area contributed by atoms with Gasteiger partial charge in [0, 0.05) is 0 Å². The van der Waals surface area contributed by atoms with Crippen LogP contribution in [0.2, 0.25) is 0 Å². The number of hydrogen-bond donors (Lipinski definition) is 0. The minimum absolute atomic E-state index is 0.0403. The number of aromatic nitrogens is 2. The van der Waals surface area contributed by atoms with Gasteiger partial charge in [0.1, 0.15) is 0 Å². The second kappa shape index (κ2) is 4.79. The molecule has 0 amide bonds. The molecule has 0 bridgehead atoms. The Morgan fingerprint density at radius 2 is 2.05 bits per heavy atom. The summed E-state index contributed by atoms with van der Waals surface area (Å²) in [7, 11) is 0. The summed E-state index contributed by atoms with van der Waals surface area (Å²) in [5, 5.41) is 14.7. The van der Waals surface area contributed by atoms with Gasteiger partial charge < -0.3 is 0 Å². The molecule has 2 heterocycles. The fourth-order valence-corrected chi connectivity index (χ4v) is 2.61. The van der Waals surface area contributed by atoms with Gasteiger partial charge >= 0.3 is 113 Å². The Hall–Kier alpha value is -2.24.